The number of hydrogen-bond donors (Lipinski definition) is 1. The van der Waals surface area contributed by atoms with Crippen LogP contribution in [0.3, 0.4) is 0 Å². The third-order valence-corrected chi connectivity index (χ3v) is 6.55. The molecule has 0 amide bonds. The number of fused-ring (bicyclic) bond motifs is 2. The first kappa shape index (κ1) is 18.9. The Morgan fingerprint density at radius 1 is 1.14 bits per heavy atom. The molecule has 0 saturated carbocycles. The average Bonchev–Trinajstić information content (AvgIpc) is 2.78. The van der Waals surface area contributed by atoms with Gasteiger partial charge in [0.1, 0.15) is 11.6 Å². The Balaban J connectivity index is 1.49. The first-order chi connectivity index (χ1) is 14.2. The van der Waals surface area contributed by atoms with Gasteiger partial charge in [0.05, 0.1) is 23.9 Å². The Bertz CT molecular complexity index is 949. The van der Waals surface area contributed by atoms with E-state index >= 15 is 0 Å². The van der Waals surface area contributed by atoms with E-state index in [1.807, 2.05) is 6.07 Å². The number of nitrogens with zero attached hydrogens (tertiary/aromatic N) is 4. The van der Waals surface area contributed by atoms with Crippen molar-refractivity contribution in [2.75, 3.05) is 31.2 Å². The standard InChI is InChI=1S/C23H28ClN5/c1-2-21-26-19-14-28(20-9-4-7-16-6-3-8-18(24)22(16)20)13-10-17(19)23(27-21)29-12-5-11-25-15-29/h3,6,8-9,25H,2,4-5,7,10-15H2,1H3. The average molecular weight is 410 g/mol. The summed E-state index contributed by atoms with van der Waals surface area (Å²) in [5.41, 5.74) is 6.37. The monoisotopic (exact) mass is 409 g/mol. The van der Waals surface area contributed by atoms with Crippen LogP contribution in [0, 0.1) is 0 Å². The highest BCUT2D eigenvalue weighted by atomic mass is 35.5. The summed E-state index contributed by atoms with van der Waals surface area (Å²) < 4.78 is 0. The molecule has 0 radical (unpaired) electrons. The lowest BCUT2D eigenvalue weighted by atomic mass is 9.92. The normalized spacial score (nSPS) is 18.9. The van der Waals surface area contributed by atoms with Crippen molar-refractivity contribution in [1.29, 1.82) is 0 Å². The number of nitrogens with one attached hydrogen (secondary N) is 1. The molecule has 0 atom stereocenters. The minimum Gasteiger partial charge on any atom is -0.365 e. The van der Waals surface area contributed by atoms with Crippen LogP contribution >= 0.6 is 11.6 Å². The number of aromatic nitrogens is 2. The van der Waals surface area contributed by atoms with E-state index in [-0.39, 0.29) is 0 Å². The molecule has 5 nitrogen and oxygen atoms in total. The topological polar surface area (TPSA) is 44.3 Å². The molecule has 2 aromatic rings. The summed E-state index contributed by atoms with van der Waals surface area (Å²) in [5.74, 6) is 2.09. The number of benzene rings is 1. The first-order valence-electron chi connectivity index (χ1n) is 10.8. The van der Waals surface area contributed by atoms with Gasteiger partial charge in [-0.3, -0.25) is 5.32 Å². The van der Waals surface area contributed by atoms with Crippen LogP contribution in [0.5, 0.6) is 0 Å². The lowest BCUT2D eigenvalue weighted by molar-refractivity contribution is 0.362. The summed E-state index contributed by atoms with van der Waals surface area (Å²) in [6, 6.07) is 6.29. The lowest BCUT2D eigenvalue weighted by Crippen LogP contribution is -2.43. The third kappa shape index (κ3) is 3.51. The second-order valence-corrected chi connectivity index (χ2v) is 8.50. The molecule has 6 heteroatoms. The van der Waals surface area contributed by atoms with Gasteiger partial charge in [-0.25, -0.2) is 9.97 Å². The van der Waals surface area contributed by atoms with E-state index in [0.717, 1.165) is 81.6 Å². The maximum absolute atomic E-state index is 6.62. The summed E-state index contributed by atoms with van der Waals surface area (Å²) >= 11 is 6.62. The van der Waals surface area contributed by atoms with Gasteiger partial charge in [-0.2, -0.15) is 0 Å². The van der Waals surface area contributed by atoms with Crippen molar-refractivity contribution >= 4 is 23.1 Å². The fourth-order valence-corrected chi connectivity index (χ4v) is 5.06. The molecule has 1 saturated heterocycles. The van der Waals surface area contributed by atoms with Gasteiger partial charge in [0.25, 0.3) is 0 Å². The summed E-state index contributed by atoms with van der Waals surface area (Å²) in [5, 5.41) is 4.34. The highest BCUT2D eigenvalue weighted by Crippen LogP contribution is 2.37. The van der Waals surface area contributed by atoms with E-state index in [1.165, 1.54) is 28.1 Å². The van der Waals surface area contributed by atoms with Gasteiger partial charge in [0, 0.05) is 36.3 Å². The van der Waals surface area contributed by atoms with Gasteiger partial charge >= 0.3 is 0 Å². The highest BCUT2D eigenvalue weighted by molar-refractivity contribution is 6.32. The fourth-order valence-electron chi connectivity index (χ4n) is 4.77. The van der Waals surface area contributed by atoms with Crippen LogP contribution in [0.25, 0.3) is 5.70 Å². The molecule has 1 aromatic heterocycles. The molecule has 1 fully saturated rings. The molecule has 1 N–H and O–H groups in total. The lowest BCUT2D eigenvalue weighted by Gasteiger charge is -2.37. The predicted octanol–water partition coefficient (Wildman–Crippen LogP) is 3.80. The van der Waals surface area contributed by atoms with Crippen molar-refractivity contribution in [3.05, 3.63) is 57.5 Å². The summed E-state index contributed by atoms with van der Waals surface area (Å²) in [6.45, 7) is 6.98. The predicted molar refractivity (Wildman–Crippen MR) is 118 cm³/mol. The van der Waals surface area contributed by atoms with Crippen molar-refractivity contribution in [1.82, 2.24) is 20.2 Å². The molecule has 5 rings (SSSR count). The zero-order valence-electron chi connectivity index (χ0n) is 17.0. The van der Waals surface area contributed by atoms with Crippen molar-refractivity contribution in [2.24, 2.45) is 0 Å². The largest absolute Gasteiger partial charge is 0.365 e. The molecule has 152 valence electrons. The van der Waals surface area contributed by atoms with Gasteiger partial charge in [-0.15, -0.1) is 0 Å². The SMILES string of the molecule is CCc1nc2c(c(N3CCCNC3)n1)CCN(C1=CCCc3cccc(Cl)c31)C2. The molecule has 29 heavy (non-hydrogen) atoms. The van der Waals surface area contributed by atoms with Crippen molar-refractivity contribution in [3.8, 4) is 0 Å². The zero-order chi connectivity index (χ0) is 19.8. The summed E-state index contributed by atoms with van der Waals surface area (Å²) in [7, 11) is 0. The second kappa shape index (κ2) is 7.96. The Morgan fingerprint density at radius 2 is 2.07 bits per heavy atom. The summed E-state index contributed by atoms with van der Waals surface area (Å²) in [6.07, 6.45) is 7.49. The van der Waals surface area contributed by atoms with Crippen LogP contribution in [0.2, 0.25) is 5.02 Å². The van der Waals surface area contributed by atoms with E-state index in [4.69, 9.17) is 21.6 Å². The molecule has 1 aromatic carbocycles. The number of aryl methyl sites for hydroxylation is 2. The highest BCUT2D eigenvalue weighted by Gasteiger charge is 2.28. The Labute approximate surface area is 177 Å². The molecule has 0 bridgehead atoms. The van der Waals surface area contributed by atoms with E-state index in [9.17, 15) is 0 Å². The van der Waals surface area contributed by atoms with Crippen LogP contribution < -0.4 is 10.2 Å². The van der Waals surface area contributed by atoms with E-state index in [1.54, 1.807) is 0 Å². The number of halogens is 1. The van der Waals surface area contributed by atoms with E-state index in [0.29, 0.717) is 0 Å². The number of rotatable bonds is 3. The van der Waals surface area contributed by atoms with Gasteiger partial charge in [0.2, 0.25) is 0 Å². The number of anilines is 1. The van der Waals surface area contributed by atoms with Crippen LogP contribution in [-0.4, -0.2) is 41.2 Å². The maximum Gasteiger partial charge on any atom is 0.136 e. The minimum atomic E-state index is 0.829. The first-order valence-corrected chi connectivity index (χ1v) is 11.2. The molecule has 2 aliphatic heterocycles. The maximum atomic E-state index is 6.62. The molecular weight excluding hydrogens is 382 g/mol. The van der Waals surface area contributed by atoms with Gasteiger partial charge < -0.3 is 9.80 Å². The molecule has 0 spiro atoms. The Kier molecular flexibility index (Phi) is 5.18. The number of hydrogen-bond acceptors (Lipinski definition) is 5. The molecule has 3 heterocycles. The summed E-state index contributed by atoms with van der Waals surface area (Å²) in [4.78, 5) is 14.7. The molecule has 0 unspecified atom stereocenters. The third-order valence-electron chi connectivity index (χ3n) is 6.24. The van der Waals surface area contributed by atoms with Crippen molar-refractivity contribution in [3.63, 3.8) is 0 Å². The van der Waals surface area contributed by atoms with Crippen molar-refractivity contribution < 1.29 is 0 Å². The second-order valence-electron chi connectivity index (χ2n) is 8.09. The van der Waals surface area contributed by atoms with Gasteiger partial charge in [-0.1, -0.05) is 36.7 Å². The van der Waals surface area contributed by atoms with Crippen LogP contribution in [0.4, 0.5) is 5.82 Å². The zero-order valence-corrected chi connectivity index (χ0v) is 17.8. The molecule has 3 aliphatic rings. The number of allylic oxidation sites excluding steroid dienone is 1. The Hall–Kier alpha value is -2.11. The van der Waals surface area contributed by atoms with E-state index < -0.39 is 0 Å². The van der Waals surface area contributed by atoms with Crippen LogP contribution in [0.15, 0.2) is 24.3 Å². The quantitative estimate of drug-likeness (QED) is 0.835. The Morgan fingerprint density at radius 3 is 2.90 bits per heavy atom. The van der Waals surface area contributed by atoms with E-state index in [2.05, 4.69) is 40.2 Å². The molecular formula is C23H28ClN5. The van der Waals surface area contributed by atoms with Gasteiger partial charge in [0.15, 0.2) is 0 Å². The van der Waals surface area contributed by atoms with Crippen LogP contribution in [-0.2, 0) is 25.8 Å². The minimum absolute atomic E-state index is 0.829. The molecule has 1 aliphatic carbocycles. The fraction of sp³-hybridized carbons (Fsp3) is 0.478. The van der Waals surface area contributed by atoms with Gasteiger partial charge in [-0.05, 0) is 43.9 Å². The van der Waals surface area contributed by atoms with Crippen LogP contribution in [0.1, 0.15) is 48.0 Å². The van der Waals surface area contributed by atoms with Crippen molar-refractivity contribution in [2.45, 2.75) is 45.6 Å². The smallest absolute Gasteiger partial charge is 0.136 e.